The smallest absolute Gasteiger partial charge is 0.306 e. The van der Waals surface area contributed by atoms with E-state index in [0.29, 0.717) is 19.3 Å². The fraction of sp³-hybridized carbons (Fsp3) is 0.828. The molecule has 408 valence electrons. The maximum absolute atomic E-state index is 12.9. The van der Waals surface area contributed by atoms with Gasteiger partial charge in [0.05, 0.1) is 0 Å². The molecule has 0 aliphatic heterocycles. The van der Waals surface area contributed by atoms with Crippen LogP contribution in [0.4, 0.5) is 0 Å². The third-order valence-corrected chi connectivity index (χ3v) is 13.6. The van der Waals surface area contributed by atoms with Crippen molar-refractivity contribution in [3.63, 3.8) is 0 Å². The van der Waals surface area contributed by atoms with E-state index in [1.165, 1.54) is 205 Å². The zero-order valence-electron chi connectivity index (χ0n) is 46.8. The summed E-state index contributed by atoms with van der Waals surface area (Å²) in [4.78, 5) is 38.2. The van der Waals surface area contributed by atoms with E-state index < -0.39 is 6.10 Å². The first-order valence-corrected chi connectivity index (χ1v) is 30.6. The molecule has 0 aliphatic carbocycles. The lowest BCUT2D eigenvalue weighted by Gasteiger charge is -2.18. The van der Waals surface area contributed by atoms with E-state index in [2.05, 4.69) is 69.4 Å². The van der Waals surface area contributed by atoms with E-state index in [9.17, 15) is 14.4 Å². The van der Waals surface area contributed by atoms with Crippen LogP contribution in [0.2, 0.25) is 0 Å². The van der Waals surface area contributed by atoms with Crippen molar-refractivity contribution in [2.75, 3.05) is 13.2 Å². The normalized spacial score (nSPS) is 12.3. The summed E-state index contributed by atoms with van der Waals surface area (Å²) >= 11 is 0. The van der Waals surface area contributed by atoms with Gasteiger partial charge in [0.2, 0.25) is 0 Å². The second kappa shape index (κ2) is 58.9. The Morgan fingerprint density at radius 1 is 0.286 bits per heavy atom. The molecule has 70 heavy (non-hydrogen) atoms. The number of allylic oxidation sites excluding steroid dienone is 8. The molecule has 0 fully saturated rings. The standard InChI is InChI=1S/C64H116O6/c1-4-7-10-13-16-19-22-25-27-28-29-30-31-32-33-34-35-36-38-39-42-45-48-51-54-57-63(66)69-60-61(59-68-62(65)56-53-50-47-44-41-24-21-18-15-12-9-6-3)70-64(67)58-55-52-49-46-43-40-37-26-23-20-17-14-11-8-5-2/h18,21-22,25,28-29,31-32,61H,4-17,19-20,23-24,26-27,30,33-60H2,1-3H3/b21-18-,25-22-,29-28-,32-31-. The van der Waals surface area contributed by atoms with Gasteiger partial charge in [-0.15, -0.1) is 0 Å². The van der Waals surface area contributed by atoms with Gasteiger partial charge in [-0.25, -0.2) is 0 Å². The Hall–Kier alpha value is -2.63. The topological polar surface area (TPSA) is 78.9 Å². The van der Waals surface area contributed by atoms with Gasteiger partial charge >= 0.3 is 17.9 Å². The first-order valence-electron chi connectivity index (χ1n) is 30.6. The molecule has 0 aliphatic rings. The molecule has 0 spiro atoms. The Kier molecular flexibility index (Phi) is 56.7. The number of rotatable bonds is 56. The van der Waals surface area contributed by atoms with Gasteiger partial charge in [0, 0.05) is 19.3 Å². The van der Waals surface area contributed by atoms with Crippen molar-refractivity contribution in [1.29, 1.82) is 0 Å². The van der Waals surface area contributed by atoms with Crippen molar-refractivity contribution in [3.05, 3.63) is 48.6 Å². The van der Waals surface area contributed by atoms with Crippen molar-refractivity contribution in [2.45, 2.75) is 329 Å². The minimum atomic E-state index is -0.775. The number of hydrogen-bond donors (Lipinski definition) is 0. The number of unbranched alkanes of at least 4 members (excludes halogenated alkanes) is 37. The maximum atomic E-state index is 12.9. The Morgan fingerprint density at radius 3 is 0.843 bits per heavy atom. The Labute approximate surface area is 435 Å². The number of hydrogen-bond acceptors (Lipinski definition) is 6. The summed E-state index contributed by atoms with van der Waals surface area (Å²) in [5, 5.41) is 0. The fourth-order valence-electron chi connectivity index (χ4n) is 8.92. The molecule has 0 aromatic heterocycles. The van der Waals surface area contributed by atoms with Gasteiger partial charge < -0.3 is 14.2 Å². The van der Waals surface area contributed by atoms with E-state index in [1.807, 2.05) is 0 Å². The molecule has 0 amide bonds. The van der Waals surface area contributed by atoms with Crippen LogP contribution in [0.3, 0.4) is 0 Å². The van der Waals surface area contributed by atoms with Crippen molar-refractivity contribution < 1.29 is 28.6 Å². The second-order valence-electron chi connectivity index (χ2n) is 20.6. The van der Waals surface area contributed by atoms with E-state index in [0.717, 1.165) is 77.0 Å². The Bertz CT molecular complexity index is 1220. The van der Waals surface area contributed by atoms with Gasteiger partial charge in [0.15, 0.2) is 6.10 Å². The van der Waals surface area contributed by atoms with E-state index in [4.69, 9.17) is 14.2 Å². The second-order valence-corrected chi connectivity index (χ2v) is 20.6. The molecule has 0 aromatic carbocycles. The highest BCUT2D eigenvalue weighted by Crippen LogP contribution is 2.17. The van der Waals surface area contributed by atoms with Gasteiger partial charge in [-0.3, -0.25) is 14.4 Å². The van der Waals surface area contributed by atoms with Gasteiger partial charge in [-0.2, -0.15) is 0 Å². The zero-order valence-corrected chi connectivity index (χ0v) is 46.8. The van der Waals surface area contributed by atoms with Crippen LogP contribution in [0, 0.1) is 0 Å². The van der Waals surface area contributed by atoms with Crippen LogP contribution < -0.4 is 0 Å². The molecule has 1 unspecified atom stereocenters. The molecule has 6 heteroatoms. The molecule has 0 bridgehead atoms. The molecule has 0 N–H and O–H groups in total. The van der Waals surface area contributed by atoms with E-state index in [-0.39, 0.29) is 31.1 Å². The van der Waals surface area contributed by atoms with Crippen LogP contribution in [0.15, 0.2) is 48.6 Å². The average Bonchev–Trinajstić information content (AvgIpc) is 3.36. The van der Waals surface area contributed by atoms with Crippen molar-refractivity contribution in [1.82, 2.24) is 0 Å². The quantitative estimate of drug-likeness (QED) is 0.0261. The van der Waals surface area contributed by atoms with Gasteiger partial charge in [0.25, 0.3) is 0 Å². The van der Waals surface area contributed by atoms with Gasteiger partial charge in [0.1, 0.15) is 13.2 Å². The van der Waals surface area contributed by atoms with Gasteiger partial charge in [-0.1, -0.05) is 268 Å². The zero-order chi connectivity index (χ0) is 50.7. The molecule has 0 rings (SSSR count). The van der Waals surface area contributed by atoms with E-state index in [1.54, 1.807) is 0 Å². The SMILES string of the molecule is CCCCC/C=C\CCCCCCCC(=O)OCC(COC(=O)CCCCCCCCCCCC/C=C\C/C=C\C/C=C\CCCCCCC)OC(=O)CCCCCCCCCCCCCCCCC. The lowest BCUT2D eigenvalue weighted by Crippen LogP contribution is -2.30. The average molecular weight is 982 g/mol. The van der Waals surface area contributed by atoms with Crippen LogP contribution in [0.25, 0.3) is 0 Å². The predicted octanol–water partition coefficient (Wildman–Crippen LogP) is 20.6. The summed E-state index contributed by atoms with van der Waals surface area (Å²) in [5.74, 6) is -0.870. The number of esters is 3. The van der Waals surface area contributed by atoms with Crippen molar-refractivity contribution in [3.8, 4) is 0 Å². The minimum Gasteiger partial charge on any atom is -0.462 e. The Morgan fingerprint density at radius 2 is 0.514 bits per heavy atom. The first kappa shape index (κ1) is 67.4. The van der Waals surface area contributed by atoms with Gasteiger partial charge in [-0.05, 0) is 83.5 Å². The molecule has 0 saturated heterocycles. The molecule has 0 heterocycles. The molecule has 0 radical (unpaired) electrons. The predicted molar refractivity (Wildman–Crippen MR) is 302 cm³/mol. The number of ether oxygens (including phenoxy) is 3. The lowest BCUT2D eigenvalue weighted by molar-refractivity contribution is -0.167. The van der Waals surface area contributed by atoms with Crippen LogP contribution in [-0.4, -0.2) is 37.2 Å². The molecular formula is C64H116O6. The number of carbonyl (C=O) groups is 3. The van der Waals surface area contributed by atoms with Crippen LogP contribution in [0.5, 0.6) is 0 Å². The van der Waals surface area contributed by atoms with Crippen molar-refractivity contribution >= 4 is 17.9 Å². The number of carbonyl (C=O) groups excluding carboxylic acids is 3. The summed E-state index contributed by atoms with van der Waals surface area (Å²) in [7, 11) is 0. The maximum Gasteiger partial charge on any atom is 0.306 e. The highest BCUT2D eigenvalue weighted by Gasteiger charge is 2.19. The highest BCUT2D eigenvalue weighted by molar-refractivity contribution is 5.71. The summed E-state index contributed by atoms with van der Waals surface area (Å²) in [5.41, 5.74) is 0. The monoisotopic (exact) mass is 981 g/mol. The van der Waals surface area contributed by atoms with Crippen LogP contribution >= 0.6 is 0 Å². The van der Waals surface area contributed by atoms with Crippen molar-refractivity contribution in [2.24, 2.45) is 0 Å². The molecular weight excluding hydrogens is 865 g/mol. The summed E-state index contributed by atoms with van der Waals surface area (Å²) in [6, 6.07) is 0. The Balaban J connectivity index is 4.26. The fourth-order valence-corrected chi connectivity index (χ4v) is 8.92. The summed E-state index contributed by atoms with van der Waals surface area (Å²) in [6.07, 6.45) is 72.5. The highest BCUT2D eigenvalue weighted by atomic mass is 16.6. The third kappa shape index (κ3) is 56.3. The molecule has 1 atom stereocenters. The molecule has 6 nitrogen and oxygen atoms in total. The summed E-state index contributed by atoms with van der Waals surface area (Å²) < 4.78 is 16.9. The first-order chi connectivity index (χ1) is 34.5. The molecule has 0 saturated carbocycles. The lowest BCUT2D eigenvalue weighted by atomic mass is 10.0. The largest absolute Gasteiger partial charge is 0.462 e. The van der Waals surface area contributed by atoms with E-state index >= 15 is 0 Å². The molecule has 0 aromatic rings. The van der Waals surface area contributed by atoms with Crippen LogP contribution in [0.1, 0.15) is 323 Å². The summed E-state index contributed by atoms with van der Waals surface area (Å²) in [6.45, 7) is 6.63. The van der Waals surface area contributed by atoms with Crippen LogP contribution in [-0.2, 0) is 28.6 Å². The third-order valence-electron chi connectivity index (χ3n) is 13.6. The minimum absolute atomic E-state index is 0.0746.